The fraction of sp³-hybridized carbons (Fsp3) is 0.286. The highest BCUT2D eigenvalue weighted by atomic mass is 35.5. The molecular formula is C21H26Cl2N6O3. The summed E-state index contributed by atoms with van der Waals surface area (Å²) in [7, 11) is 0. The minimum Gasteiger partial charge on any atom is -0.493 e. The summed E-state index contributed by atoms with van der Waals surface area (Å²) in [6, 6.07) is 9.04. The monoisotopic (exact) mass is 480 g/mol. The van der Waals surface area contributed by atoms with Crippen LogP contribution in [0, 0.1) is 5.41 Å². The number of carbonyl (C=O) groups is 2. The highest BCUT2D eigenvalue weighted by Gasteiger charge is 2.20. The average molecular weight is 481 g/mol. The van der Waals surface area contributed by atoms with Crippen LogP contribution in [0.25, 0.3) is 0 Å². The molecule has 0 aliphatic carbocycles. The number of benzene rings is 2. The van der Waals surface area contributed by atoms with Crippen molar-refractivity contribution in [2.75, 3.05) is 18.9 Å². The summed E-state index contributed by atoms with van der Waals surface area (Å²) in [4.78, 5) is 24.4. The van der Waals surface area contributed by atoms with Crippen LogP contribution < -0.4 is 32.6 Å². The molecule has 11 heteroatoms. The molecule has 0 saturated carbocycles. The third-order valence-corrected chi connectivity index (χ3v) is 5.15. The molecule has 2 amide bonds. The maximum absolute atomic E-state index is 12.7. The molecule has 0 heterocycles. The second-order valence-electron chi connectivity index (χ2n) is 6.99. The maximum Gasteiger partial charge on any atom is 0.254 e. The van der Waals surface area contributed by atoms with Gasteiger partial charge in [0.1, 0.15) is 11.8 Å². The Balaban J connectivity index is 1.97. The number of nitrogens with two attached hydrogens (primary N) is 3. The summed E-state index contributed by atoms with van der Waals surface area (Å²) >= 11 is 12.1. The van der Waals surface area contributed by atoms with Crippen LogP contribution in [0.5, 0.6) is 5.75 Å². The van der Waals surface area contributed by atoms with Crippen LogP contribution in [0.1, 0.15) is 28.8 Å². The van der Waals surface area contributed by atoms with Crippen molar-refractivity contribution >= 4 is 46.7 Å². The van der Waals surface area contributed by atoms with Gasteiger partial charge in [-0.1, -0.05) is 29.3 Å². The number of carbonyl (C=O) groups excluding carboxylic acids is 2. The van der Waals surface area contributed by atoms with E-state index in [4.69, 9.17) is 50.5 Å². The SMILES string of the molecule is N=C(N)NCCCC(NC(=O)c1cc(OCCc2ccc(Cl)cc2Cl)ccc1N)C(N)=O. The van der Waals surface area contributed by atoms with Gasteiger partial charge in [-0.25, -0.2) is 0 Å². The standard InChI is InChI=1S/C21H26Cl2N6O3/c22-13-4-3-12(16(23)10-13)7-9-32-14-5-6-17(24)15(11-14)20(31)29-18(19(25)30)2-1-8-28-21(26)27/h3-6,10-11,18H,1-2,7-9,24H2,(H2,25,30)(H,29,31)(H4,26,27,28). The molecule has 0 bridgehead atoms. The Kier molecular flexibility index (Phi) is 9.42. The first-order valence-electron chi connectivity index (χ1n) is 9.81. The van der Waals surface area contributed by atoms with Crippen LogP contribution in [0.4, 0.5) is 5.69 Å². The fourth-order valence-corrected chi connectivity index (χ4v) is 3.38. The van der Waals surface area contributed by atoms with Crippen molar-refractivity contribution in [2.24, 2.45) is 11.5 Å². The van der Waals surface area contributed by atoms with Crippen molar-refractivity contribution in [1.82, 2.24) is 10.6 Å². The molecule has 0 spiro atoms. The van der Waals surface area contributed by atoms with Gasteiger partial charge in [-0.2, -0.15) is 0 Å². The van der Waals surface area contributed by atoms with Crippen molar-refractivity contribution in [1.29, 1.82) is 5.41 Å². The van der Waals surface area contributed by atoms with Gasteiger partial charge in [0.25, 0.3) is 5.91 Å². The van der Waals surface area contributed by atoms with Gasteiger partial charge in [0.15, 0.2) is 5.96 Å². The van der Waals surface area contributed by atoms with Crippen LogP contribution in [0.3, 0.4) is 0 Å². The topological polar surface area (TPSA) is 169 Å². The van der Waals surface area contributed by atoms with Gasteiger partial charge >= 0.3 is 0 Å². The van der Waals surface area contributed by atoms with Gasteiger partial charge in [0.05, 0.1) is 12.2 Å². The van der Waals surface area contributed by atoms with Crippen LogP contribution >= 0.6 is 23.2 Å². The number of primary amides is 1. The van der Waals surface area contributed by atoms with E-state index in [1.54, 1.807) is 24.3 Å². The van der Waals surface area contributed by atoms with E-state index in [1.165, 1.54) is 6.07 Å². The number of nitrogen functional groups attached to an aromatic ring is 1. The molecule has 1 unspecified atom stereocenters. The first kappa shape index (κ1) is 25.1. The zero-order valence-electron chi connectivity index (χ0n) is 17.3. The molecule has 0 aliphatic rings. The molecule has 9 nitrogen and oxygen atoms in total. The number of halogens is 2. The molecule has 9 N–H and O–H groups in total. The van der Waals surface area contributed by atoms with Crippen LogP contribution in [-0.2, 0) is 11.2 Å². The lowest BCUT2D eigenvalue weighted by molar-refractivity contribution is -0.120. The van der Waals surface area contributed by atoms with Crippen molar-refractivity contribution in [2.45, 2.75) is 25.3 Å². The van der Waals surface area contributed by atoms with Gasteiger partial charge in [-0.15, -0.1) is 0 Å². The molecule has 0 aliphatic heterocycles. The fourth-order valence-electron chi connectivity index (χ4n) is 2.88. The minimum absolute atomic E-state index is 0.167. The van der Waals surface area contributed by atoms with E-state index in [0.717, 1.165) is 5.56 Å². The van der Waals surface area contributed by atoms with E-state index in [-0.39, 0.29) is 23.6 Å². The summed E-state index contributed by atoms with van der Waals surface area (Å²) in [5.41, 5.74) is 17.8. The van der Waals surface area contributed by atoms with E-state index in [1.807, 2.05) is 6.07 Å². The molecule has 2 aromatic carbocycles. The minimum atomic E-state index is -0.896. The Hall–Kier alpha value is -3.17. The quantitative estimate of drug-likeness (QED) is 0.124. The van der Waals surface area contributed by atoms with E-state index in [9.17, 15) is 9.59 Å². The maximum atomic E-state index is 12.7. The van der Waals surface area contributed by atoms with Gasteiger partial charge in [0, 0.05) is 28.7 Å². The molecule has 2 rings (SSSR count). The zero-order valence-corrected chi connectivity index (χ0v) is 18.8. The smallest absolute Gasteiger partial charge is 0.254 e. The third-order valence-electron chi connectivity index (χ3n) is 4.56. The lowest BCUT2D eigenvalue weighted by Crippen LogP contribution is -2.45. The Morgan fingerprint density at radius 3 is 2.53 bits per heavy atom. The predicted octanol–water partition coefficient (Wildman–Crippen LogP) is 2.04. The number of guanidine groups is 1. The number of hydrogen-bond donors (Lipinski definition) is 6. The van der Waals surface area contributed by atoms with Gasteiger partial charge in [0.2, 0.25) is 5.91 Å². The summed E-state index contributed by atoms with van der Waals surface area (Å²) in [6.45, 7) is 0.692. The van der Waals surface area contributed by atoms with Gasteiger partial charge in [-0.3, -0.25) is 15.0 Å². The van der Waals surface area contributed by atoms with E-state index in [2.05, 4.69) is 10.6 Å². The van der Waals surface area contributed by atoms with E-state index >= 15 is 0 Å². The van der Waals surface area contributed by atoms with Crippen LogP contribution in [0.15, 0.2) is 36.4 Å². The molecule has 0 aromatic heterocycles. The molecule has 0 fully saturated rings. The van der Waals surface area contributed by atoms with Crippen molar-refractivity contribution in [3.63, 3.8) is 0 Å². The number of rotatable bonds is 11. The van der Waals surface area contributed by atoms with E-state index in [0.29, 0.717) is 41.8 Å². The Labute approximate surface area is 196 Å². The average Bonchev–Trinajstić information content (AvgIpc) is 2.72. The molecule has 32 heavy (non-hydrogen) atoms. The third kappa shape index (κ3) is 7.82. The highest BCUT2D eigenvalue weighted by molar-refractivity contribution is 6.35. The summed E-state index contributed by atoms with van der Waals surface area (Å²) < 4.78 is 5.74. The molecule has 2 aromatic rings. The summed E-state index contributed by atoms with van der Waals surface area (Å²) in [5.74, 6) is -0.952. The number of hydrogen-bond acceptors (Lipinski definition) is 5. The zero-order chi connectivity index (χ0) is 23.7. The molecular weight excluding hydrogens is 455 g/mol. The van der Waals surface area contributed by atoms with Gasteiger partial charge < -0.3 is 32.6 Å². The molecule has 1 atom stereocenters. The number of anilines is 1. The number of nitrogens with one attached hydrogen (secondary N) is 3. The first-order chi connectivity index (χ1) is 15.2. The summed E-state index contributed by atoms with van der Waals surface area (Å²) in [6.07, 6.45) is 1.29. The largest absolute Gasteiger partial charge is 0.493 e. The lowest BCUT2D eigenvalue weighted by atomic mass is 10.1. The normalized spacial score (nSPS) is 11.4. The lowest BCUT2D eigenvalue weighted by Gasteiger charge is -2.17. The Morgan fingerprint density at radius 2 is 1.88 bits per heavy atom. The van der Waals surface area contributed by atoms with E-state index < -0.39 is 17.9 Å². The second kappa shape index (κ2) is 12.0. The summed E-state index contributed by atoms with van der Waals surface area (Å²) in [5, 5.41) is 13.4. The molecule has 0 saturated heterocycles. The highest BCUT2D eigenvalue weighted by Crippen LogP contribution is 2.23. The molecule has 0 radical (unpaired) electrons. The van der Waals surface area contributed by atoms with Gasteiger partial charge in [-0.05, 0) is 48.7 Å². The van der Waals surface area contributed by atoms with Crippen molar-refractivity contribution in [3.05, 3.63) is 57.6 Å². The number of amides is 2. The Bertz CT molecular complexity index is 986. The molecule has 172 valence electrons. The van der Waals surface area contributed by atoms with Crippen molar-refractivity contribution < 1.29 is 14.3 Å². The van der Waals surface area contributed by atoms with Crippen molar-refractivity contribution in [3.8, 4) is 5.75 Å². The first-order valence-corrected chi connectivity index (χ1v) is 10.6. The number of ether oxygens (including phenoxy) is 1. The van der Waals surface area contributed by atoms with Crippen LogP contribution in [0.2, 0.25) is 10.0 Å². The van der Waals surface area contributed by atoms with Crippen LogP contribution in [-0.4, -0.2) is 37.0 Å². The second-order valence-corrected chi connectivity index (χ2v) is 7.84. The Morgan fingerprint density at radius 1 is 1.12 bits per heavy atom. The predicted molar refractivity (Wildman–Crippen MR) is 126 cm³/mol.